The number of carbonyl (C=O) groups excluding carboxylic acids is 1. The van der Waals surface area contributed by atoms with Gasteiger partial charge in [-0.15, -0.1) is 0 Å². The second kappa shape index (κ2) is 7.91. The number of hydrogen-bond donors (Lipinski definition) is 1. The van der Waals surface area contributed by atoms with Crippen molar-refractivity contribution in [3.63, 3.8) is 0 Å². The SMILES string of the molecule is CCn1nc(C)cc1C(=O)Nc1nc2cc(C)ccc2n1CCc1ccccc1. The monoisotopic (exact) mass is 387 g/mol. The number of aryl methyl sites for hydroxylation is 5. The van der Waals surface area contributed by atoms with E-state index in [4.69, 9.17) is 4.98 Å². The molecular formula is C23H25N5O. The van der Waals surface area contributed by atoms with Crippen molar-refractivity contribution in [3.05, 3.63) is 77.1 Å². The molecule has 6 heteroatoms. The first-order valence-corrected chi connectivity index (χ1v) is 9.91. The van der Waals surface area contributed by atoms with E-state index < -0.39 is 0 Å². The maximum Gasteiger partial charge on any atom is 0.276 e. The zero-order chi connectivity index (χ0) is 20.4. The molecule has 1 N–H and O–H groups in total. The lowest BCUT2D eigenvalue weighted by Gasteiger charge is -2.11. The van der Waals surface area contributed by atoms with Crippen LogP contribution in [0.5, 0.6) is 0 Å². The van der Waals surface area contributed by atoms with Crippen molar-refractivity contribution in [3.8, 4) is 0 Å². The van der Waals surface area contributed by atoms with Crippen LogP contribution in [0.2, 0.25) is 0 Å². The van der Waals surface area contributed by atoms with Crippen LogP contribution >= 0.6 is 0 Å². The number of aromatic nitrogens is 4. The summed E-state index contributed by atoms with van der Waals surface area (Å²) in [4.78, 5) is 17.7. The number of amides is 1. The molecule has 6 nitrogen and oxygen atoms in total. The first-order chi connectivity index (χ1) is 14.0. The molecule has 0 radical (unpaired) electrons. The van der Waals surface area contributed by atoms with Crippen LogP contribution in [-0.2, 0) is 19.5 Å². The molecule has 0 bridgehead atoms. The Balaban J connectivity index is 1.67. The molecule has 0 atom stereocenters. The molecule has 0 spiro atoms. The fraction of sp³-hybridized carbons (Fsp3) is 0.261. The quantitative estimate of drug-likeness (QED) is 0.534. The number of anilines is 1. The lowest BCUT2D eigenvalue weighted by Crippen LogP contribution is -2.20. The van der Waals surface area contributed by atoms with E-state index in [2.05, 4.69) is 39.2 Å². The van der Waals surface area contributed by atoms with Gasteiger partial charge < -0.3 is 4.57 Å². The molecule has 0 saturated carbocycles. The topological polar surface area (TPSA) is 64.7 Å². The average molecular weight is 387 g/mol. The molecule has 4 rings (SSSR count). The number of imidazole rings is 1. The summed E-state index contributed by atoms with van der Waals surface area (Å²) in [6, 6.07) is 18.3. The number of benzene rings is 2. The molecule has 0 unspecified atom stereocenters. The molecular weight excluding hydrogens is 362 g/mol. The highest BCUT2D eigenvalue weighted by molar-refractivity contribution is 6.03. The molecule has 0 saturated heterocycles. The number of carbonyl (C=O) groups is 1. The van der Waals surface area contributed by atoms with Crippen LogP contribution < -0.4 is 5.32 Å². The fourth-order valence-corrected chi connectivity index (χ4v) is 3.58. The summed E-state index contributed by atoms with van der Waals surface area (Å²) in [7, 11) is 0. The van der Waals surface area contributed by atoms with Crippen LogP contribution in [0.25, 0.3) is 11.0 Å². The Morgan fingerprint density at radius 2 is 1.86 bits per heavy atom. The Morgan fingerprint density at radius 3 is 2.62 bits per heavy atom. The number of nitrogens with zero attached hydrogens (tertiary/aromatic N) is 4. The van der Waals surface area contributed by atoms with Gasteiger partial charge in [-0.3, -0.25) is 14.8 Å². The van der Waals surface area contributed by atoms with E-state index in [1.54, 1.807) is 10.7 Å². The maximum atomic E-state index is 13.0. The number of rotatable bonds is 6. The molecule has 2 heterocycles. The average Bonchev–Trinajstić information content (AvgIpc) is 3.26. The van der Waals surface area contributed by atoms with Crippen molar-refractivity contribution in [2.75, 3.05) is 5.32 Å². The Morgan fingerprint density at radius 1 is 1.07 bits per heavy atom. The fourth-order valence-electron chi connectivity index (χ4n) is 3.58. The Labute approximate surface area is 170 Å². The van der Waals surface area contributed by atoms with E-state index in [0.717, 1.165) is 35.3 Å². The second-order valence-electron chi connectivity index (χ2n) is 7.26. The summed E-state index contributed by atoms with van der Waals surface area (Å²) in [5, 5.41) is 7.39. The highest BCUT2D eigenvalue weighted by Gasteiger charge is 2.18. The third kappa shape index (κ3) is 3.92. The minimum atomic E-state index is -0.194. The predicted octanol–water partition coefficient (Wildman–Crippen LogP) is 4.36. The van der Waals surface area contributed by atoms with Gasteiger partial charge in [0.1, 0.15) is 5.69 Å². The highest BCUT2D eigenvalue weighted by Crippen LogP contribution is 2.22. The molecule has 2 aromatic heterocycles. The third-order valence-corrected chi connectivity index (χ3v) is 5.03. The Kier molecular flexibility index (Phi) is 5.16. The largest absolute Gasteiger partial charge is 0.310 e. The Bertz CT molecular complexity index is 1160. The molecule has 29 heavy (non-hydrogen) atoms. The van der Waals surface area contributed by atoms with E-state index in [0.29, 0.717) is 18.2 Å². The number of fused-ring (bicyclic) bond motifs is 1. The van der Waals surface area contributed by atoms with Crippen molar-refractivity contribution in [2.45, 2.75) is 40.3 Å². The summed E-state index contributed by atoms with van der Waals surface area (Å²) >= 11 is 0. The van der Waals surface area contributed by atoms with E-state index in [-0.39, 0.29) is 5.91 Å². The van der Waals surface area contributed by atoms with Crippen LogP contribution in [0, 0.1) is 13.8 Å². The van der Waals surface area contributed by atoms with Gasteiger partial charge in [0, 0.05) is 13.1 Å². The van der Waals surface area contributed by atoms with E-state index >= 15 is 0 Å². The number of hydrogen-bond acceptors (Lipinski definition) is 3. The van der Waals surface area contributed by atoms with Gasteiger partial charge in [-0.25, -0.2) is 4.98 Å². The van der Waals surface area contributed by atoms with Gasteiger partial charge >= 0.3 is 0 Å². The molecule has 0 aliphatic carbocycles. The van der Waals surface area contributed by atoms with Gasteiger partial charge in [0.15, 0.2) is 0 Å². The molecule has 0 aliphatic heterocycles. The van der Waals surface area contributed by atoms with Crippen molar-refractivity contribution in [2.24, 2.45) is 0 Å². The molecule has 0 aliphatic rings. The van der Waals surface area contributed by atoms with Gasteiger partial charge in [-0.05, 0) is 56.5 Å². The molecule has 0 fully saturated rings. The van der Waals surface area contributed by atoms with Crippen LogP contribution in [-0.4, -0.2) is 25.2 Å². The number of nitrogens with one attached hydrogen (secondary N) is 1. The zero-order valence-corrected chi connectivity index (χ0v) is 17.0. The van der Waals surface area contributed by atoms with Gasteiger partial charge in [0.2, 0.25) is 5.95 Å². The summed E-state index contributed by atoms with van der Waals surface area (Å²) in [5.74, 6) is 0.369. The third-order valence-electron chi connectivity index (χ3n) is 5.03. The van der Waals surface area contributed by atoms with Crippen molar-refractivity contribution in [1.29, 1.82) is 0 Å². The van der Waals surface area contributed by atoms with Gasteiger partial charge in [-0.1, -0.05) is 36.4 Å². The summed E-state index contributed by atoms with van der Waals surface area (Å²) in [5.41, 5.74) is 5.66. The predicted molar refractivity (Wildman–Crippen MR) is 115 cm³/mol. The molecule has 1 amide bonds. The molecule has 2 aromatic carbocycles. The minimum Gasteiger partial charge on any atom is -0.310 e. The van der Waals surface area contributed by atoms with Crippen LogP contribution in [0.4, 0.5) is 5.95 Å². The van der Waals surface area contributed by atoms with Crippen LogP contribution in [0.15, 0.2) is 54.6 Å². The summed E-state index contributed by atoms with van der Waals surface area (Å²) in [6.45, 7) is 7.27. The standard InChI is InChI=1S/C23H25N5O/c1-4-28-21(15-17(3)26-28)22(29)25-23-24-19-14-16(2)10-11-20(19)27(23)13-12-18-8-6-5-7-9-18/h5-11,14-15H,4,12-13H2,1-3H3,(H,24,25,29). The van der Waals surface area contributed by atoms with Crippen molar-refractivity contribution < 1.29 is 4.79 Å². The molecule has 4 aromatic rings. The zero-order valence-electron chi connectivity index (χ0n) is 17.0. The maximum absolute atomic E-state index is 13.0. The molecule has 148 valence electrons. The minimum absolute atomic E-state index is 0.194. The van der Waals surface area contributed by atoms with Gasteiger partial charge in [-0.2, -0.15) is 5.10 Å². The smallest absolute Gasteiger partial charge is 0.276 e. The normalized spacial score (nSPS) is 11.1. The van der Waals surface area contributed by atoms with Gasteiger partial charge in [0.05, 0.1) is 16.7 Å². The highest BCUT2D eigenvalue weighted by atomic mass is 16.2. The van der Waals surface area contributed by atoms with Crippen LogP contribution in [0.1, 0.15) is 34.2 Å². The summed E-state index contributed by atoms with van der Waals surface area (Å²) < 4.78 is 3.80. The second-order valence-corrected chi connectivity index (χ2v) is 7.26. The van der Waals surface area contributed by atoms with E-state index in [9.17, 15) is 4.79 Å². The van der Waals surface area contributed by atoms with Crippen molar-refractivity contribution >= 4 is 22.9 Å². The van der Waals surface area contributed by atoms with Crippen molar-refractivity contribution in [1.82, 2.24) is 19.3 Å². The van der Waals surface area contributed by atoms with Crippen LogP contribution in [0.3, 0.4) is 0 Å². The lowest BCUT2D eigenvalue weighted by atomic mass is 10.1. The Hall–Kier alpha value is -3.41. The van der Waals surface area contributed by atoms with E-state index in [1.165, 1.54) is 5.56 Å². The first kappa shape index (κ1) is 18.9. The first-order valence-electron chi connectivity index (χ1n) is 9.91. The van der Waals surface area contributed by atoms with Gasteiger partial charge in [0.25, 0.3) is 5.91 Å². The lowest BCUT2D eigenvalue weighted by molar-refractivity contribution is 0.101. The van der Waals surface area contributed by atoms with E-state index in [1.807, 2.05) is 45.0 Å². The summed E-state index contributed by atoms with van der Waals surface area (Å²) in [6.07, 6.45) is 0.856.